The Morgan fingerprint density at radius 2 is 0.662 bits per heavy atom. The molecule has 0 saturated carbocycles. The Morgan fingerprint density at radius 3 is 1.14 bits per heavy atom. The number of fused-ring (bicyclic) bond motifs is 19. The summed E-state index contributed by atoms with van der Waals surface area (Å²) in [5.41, 5.74) is 16.1. The van der Waals surface area contributed by atoms with Crippen molar-refractivity contribution in [1.29, 1.82) is 0 Å². The van der Waals surface area contributed by atoms with Crippen molar-refractivity contribution in [2.75, 3.05) is 0 Å². The van der Waals surface area contributed by atoms with E-state index in [9.17, 15) is 0 Å². The van der Waals surface area contributed by atoms with Gasteiger partial charge in [0, 0.05) is 82.5 Å². The Hall–Kier alpha value is -6.62. The van der Waals surface area contributed by atoms with Gasteiger partial charge in [-0.1, -0.05) is 149 Å². The van der Waals surface area contributed by atoms with E-state index in [1.54, 1.807) is 0 Å². The van der Waals surface area contributed by atoms with Crippen molar-refractivity contribution in [1.82, 2.24) is 0 Å². The summed E-state index contributed by atoms with van der Waals surface area (Å²) in [7, 11) is 0. The minimum absolute atomic E-state index is 0.130. The van der Waals surface area contributed by atoms with Crippen LogP contribution in [0.25, 0.3) is 127 Å². The molecular weight excluding hydrogens is 841 g/mol. The molecule has 306 valence electrons. The van der Waals surface area contributed by atoms with Gasteiger partial charge in [-0.05, 0) is 126 Å². The third-order valence-corrected chi connectivity index (χ3v) is 19.0. The Kier molecular flexibility index (Phi) is 7.10. The lowest BCUT2D eigenvalue weighted by atomic mass is 9.80. The first-order valence-corrected chi connectivity index (χ1v) is 25.2. The molecule has 10 aromatic carbocycles. The first-order chi connectivity index (χ1) is 31.7. The van der Waals surface area contributed by atoms with Crippen LogP contribution in [0.5, 0.6) is 0 Å². The molecule has 15 rings (SSSR count). The van der Waals surface area contributed by atoms with Crippen molar-refractivity contribution in [3.05, 3.63) is 192 Å². The Balaban J connectivity index is 1.13. The molecule has 0 spiro atoms. The van der Waals surface area contributed by atoms with Gasteiger partial charge in [-0.2, -0.15) is 0 Å². The Bertz CT molecular complexity index is 4020. The largest absolute Gasteiger partial charge is 0.135 e. The molecule has 13 aromatic rings. The van der Waals surface area contributed by atoms with Crippen molar-refractivity contribution in [2.45, 2.75) is 38.5 Å². The summed E-state index contributed by atoms with van der Waals surface area (Å²) < 4.78 is 8.08. The number of thiophene rings is 3. The highest BCUT2D eigenvalue weighted by Crippen LogP contribution is 2.57. The Labute approximate surface area is 388 Å². The molecule has 0 amide bonds. The van der Waals surface area contributed by atoms with Crippen LogP contribution in [0.2, 0.25) is 0 Å². The van der Waals surface area contributed by atoms with Crippen molar-refractivity contribution >= 4 is 116 Å². The van der Waals surface area contributed by atoms with Gasteiger partial charge in [0.05, 0.1) is 0 Å². The number of hydrogen-bond donors (Lipinski definition) is 0. The van der Waals surface area contributed by atoms with Crippen LogP contribution in [0.3, 0.4) is 0 Å². The fourth-order valence-corrected chi connectivity index (χ4v) is 16.0. The monoisotopic (exact) mass is 880 g/mol. The van der Waals surface area contributed by atoms with Crippen LogP contribution in [0.1, 0.15) is 49.9 Å². The zero-order valence-corrected chi connectivity index (χ0v) is 38.8. The van der Waals surface area contributed by atoms with Gasteiger partial charge in [0.15, 0.2) is 0 Å². The van der Waals surface area contributed by atoms with Gasteiger partial charge in [-0.25, -0.2) is 0 Å². The maximum absolute atomic E-state index is 2.61. The van der Waals surface area contributed by atoms with E-state index in [1.807, 2.05) is 34.0 Å². The van der Waals surface area contributed by atoms with E-state index in [-0.39, 0.29) is 10.8 Å². The Morgan fingerprint density at radius 1 is 0.262 bits per heavy atom. The first kappa shape index (κ1) is 36.7. The standard InChI is InChI=1S/C62H40S3/c1-61(2)49-23-9-5-15-33(49)45-27-41-43(39-21-13-19-37-35-17-7-11-25-53(35)64-59(37)39)31-55-57(47(41)29-51(45)61)58-48-30-52-46(34-16-6-10-24-50(34)62(52,3)4)28-42(48)44(32-56(58)63-55)40-22-14-20-38-36-18-8-12-26-54(36)65-60(38)40/h5-32H,1-4H3. The molecule has 0 bridgehead atoms. The second-order valence-electron chi connectivity index (χ2n) is 19.5. The van der Waals surface area contributed by atoms with Gasteiger partial charge in [-0.3, -0.25) is 0 Å². The van der Waals surface area contributed by atoms with E-state index in [0.29, 0.717) is 0 Å². The molecule has 0 aliphatic heterocycles. The van der Waals surface area contributed by atoms with Gasteiger partial charge in [-0.15, -0.1) is 34.0 Å². The van der Waals surface area contributed by atoms with Crippen LogP contribution in [0.4, 0.5) is 0 Å². The van der Waals surface area contributed by atoms with Crippen LogP contribution in [0.15, 0.2) is 170 Å². The maximum atomic E-state index is 2.61. The van der Waals surface area contributed by atoms with Gasteiger partial charge >= 0.3 is 0 Å². The molecular formula is C62H40S3. The number of hydrogen-bond acceptors (Lipinski definition) is 3. The van der Waals surface area contributed by atoms with Gasteiger partial charge < -0.3 is 0 Å². The highest BCUT2D eigenvalue weighted by molar-refractivity contribution is 7.27. The van der Waals surface area contributed by atoms with Crippen molar-refractivity contribution < 1.29 is 0 Å². The molecule has 0 fully saturated rings. The third-order valence-electron chi connectivity index (χ3n) is 15.5. The van der Waals surface area contributed by atoms with E-state index in [2.05, 4.69) is 198 Å². The highest BCUT2D eigenvalue weighted by atomic mass is 32.1. The summed E-state index contributed by atoms with van der Waals surface area (Å²) in [6.45, 7) is 9.70. The summed E-state index contributed by atoms with van der Waals surface area (Å²) >= 11 is 5.84. The van der Waals surface area contributed by atoms with Gasteiger partial charge in [0.1, 0.15) is 0 Å². The minimum atomic E-state index is -0.130. The maximum Gasteiger partial charge on any atom is 0.0434 e. The minimum Gasteiger partial charge on any atom is -0.135 e. The molecule has 0 N–H and O–H groups in total. The molecule has 65 heavy (non-hydrogen) atoms. The molecule has 0 radical (unpaired) electrons. The zero-order chi connectivity index (χ0) is 43.1. The molecule has 2 aliphatic rings. The summed E-state index contributed by atoms with van der Waals surface area (Å²) in [4.78, 5) is 0. The molecule has 3 aromatic heterocycles. The van der Waals surface area contributed by atoms with Crippen molar-refractivity contribution in [2.24, 2.45) is 0 Å². The predicted molar refractivity (Wildman–Crippen MR) is 286 cm³/mol. The molecule has 0 atom stereocenters. The average Bonchev–Trinajstić information content (AvgIpc) is 4.12. The zero-order valence-electron chi connectivity index (χ0n) is 36.4. The highest BCUT2D eigenvalue weighted by Gasteiger charge is 2.38. The summed E-state index contributed by atoms with van der Waals surface area (Å²) in [5, 5.41) is 13.5. The van der Waals surface area contributed by atoms with E-state index >= 15 is 0 Å². The fraction of sp³-hybridized carbons (Fsp3) is 0.0968. The van der Waals surface area contributed by atoms with E-state index in [4.69, 9.17) is 0 Å². The number of benzene rings is 10. The van der Waals surface area contributed by atoms with E-state index < -0.39 is 0 Å². The van der Waals surface area contributed by atoms with Gasteiger partial charge in [0.25, 0.3) is 0 Å². The summed E-state index contributed by atoms with van der Waals surface area (Å²) in [5.74, 6) is 0. The van der Waals surface area contributed by atoms with Crippen LogP contribution in [-0.2, 0) is 10.8 Å². The van der Waals surface area contributed by atoms with E-state index in [0.717, 1.165) is 0 Å². The lowest BCUT2D eigenvalue weighted by molar-refractivity contribution is 0.661. The van der Waals surface area contributed by atoms with E-state index in [1.165, 1.54) is 149 Å². The SMILES string of the molecule is CC1(C)c2ccccc2-c2cc3c(-c4cccc5c4sc4ccccc45)cc4sc5cc(-c6cccc7c6sc6ccccc67)c6cc7c(cc6c5c4c3cc21)C(C)(C)c1ccccc1-7. The quantitative estimate of drug-likeness (QED) is 0.162. The number of rotatable bonds is 2. The molecule has 0 saturated heterocycles. The fourth-order valence-electron chi connectivity index (χ4n) is 12.3. The van der Waals surface area contributed by atoms with Gasteiger partial charge in [0.2, 0.25) is 0 Å². The second kappa shape index (κ2) is 12.6. The molecule has 0 unspecified atom stereocenters. The summed E-state index contributed by atoms with van der Waals surface area (Å²) in [6, 6.07) is 65.5. The molecule has 2 aliphatic carbocycles. The molecule has 0 nitrogen and oxygen atoms in total. The molecule has 3 heteroatoms. The van der Waals surface area contributed by atoms with Crippen molar-refractivity contribution in [3.8, 4) is 44.5 Å². The van der Waals surface area contributed by atoms with Crippen LogP contribution >= 0.6 is 34.0 Å². The van der Waals surface area contributed by atoms with Crippen molar-refractivity contribution in [3.63, 3.8) is 0 Å². The topological polar surface area (TPSA) is 0 Å². The lowest BCUT2D eigenvalue weighted by Gasteiger charge is -2.23. The average molecular weight is 881 g/mol. The van der Waals surface area contributed by atoms with Crippen LogP contribution in [0, 0.1) is 0 Å². The third kappa shape index (κ3) is 4.71. The second-order valence-corrected chi connectivity index (χ2v) is 22.7. The molecule has 3 heterocycles. The normalized spacial score (nSPS) is 14.7. The summed E-state index contributed by atoms with van der Waals surface area (Å²) in [6.07, 6.45) is 0. The van der Waals surface area contributed by atoms with Crippen LogP contribution in [-0.4, -0.2) is 0 Å². The smallest absolute Gasteiger partial charge is 0.0434 e. The van der Waals surface area contributed by atoms with Crippen LogP contribution < -0.4 is 0 Å². The predicted octanol–water partition coefficient (Wildman–Crippen LogP) is 19.0. The lowest BCUT2D eigenvalue weighted by Crippen LogP contribution is -2.14. The first-order valence-electron chi connectivity index (χ1n) is 22.7.